The van der Waals surface area contributed by atoms with Gasteiger partial charge in [0.05, 0.1) is 6.20 Å². The molecule has 1 aromatic heterocycles. The van der Waals surface area contributed by atoms with Gasteiger partial charge in [0.25, 0.3) is 0 Å². The molecule has 0 atom stereocenters. The molecule has 0 saturated carbocycles. The Bertz CT molecular complexity index is 320. The van der Waals surface area contributed by atoms with Gasteiger partial charge in [0.2, 0.25) is 0 Å². The Morgan fingerprint density at radius 1 is 1.55 bits per heavy atom. The van der Waals surface area contributed by atoms with Crippen LogP contribution >= 0.6 is 0 Å². The van der Waals surface area contributed by atoms with Crippen molar-refractivity contribution in [2.24, 2.45) is 4.99 Å². The first-order chi connectivity index (χ1) is 5.36. The van der Waals surface area contributed by atoms with Crippen LogP contribution in [0.2, 0.25) is 0 Å². The molecule has 0 fully saturated rings. The minimum atomic E-state index is 0.890. The fraction of sp³-hybridized carbons (Fsp3) is 0.250. The normalized spacial score (nSPS) is 15.5. The molecule has 3 heteroatoms. The summed E-state index contributed by atoms with van der Waals surface area (Å²) < 4.78 is 1.81. The van der Waals surface area contributed by atoms with Crippen LogP contribution in [0.1, 0.15) is 12.0 Å². The number of rotatable bonds is 0. The van der Waals surface area contributed by atoms with Gasteiger partial charge < -0.3 is 0 Å². The van der Waals surface area contributed by atoms with Gasteiger partial charge in [-0.1, -0.05) is 6.08 Å². The van der Waals surface area contributed by atoms with Crippen LogP contribution in [0, 0.1) is 6.92 Å². The lowest BCUT2D eigenvalue weighted by molar-refractivity contribution is 0.920. The summed E-state index contributed by atoms with van der Waals surface area (Å²) in [6.45, 7) is 2.02. The molecule has 11 heavy (non-hydrogen) atoms. The molecule has 0 spiro atoms. The Morgan fingerprint density at radius 2 is 2.45 bits per heavy atom. The summed E-state index contributed by atoms with van der Waals surface area (Å²) in [5.74, 6) is 0.998. The molecule has 0 N–H and O–H groups in total. The van der Waals surface area contributed by atoms with E-state index in [0.717, 1.165) is 12.3 Å². The van der Waals surface area contributed by atoms with E-state index in [2.05, 4.69) is 10.1 Å². The number of nitrogens with zero attached hydrogens (tertiary/aromatic N) is 3. The average Bonchev–Trinajstić information content (AvgIpc) is 2.55. The molecule has 1 aromatic rings. The van der Waals surface area contributed by atoms with E-state index < -0.39 is 0 Å². The van der Waals surface area contributed by atoms with Crippen molar-refractivity contribution in [1.82, 2.24) is 9.78 Å². The first-order valence-corrected chi connectivity index (χ1v) is 3.59. The van der Waals surface area contributed by atoms with Gasteiger partial charge in [-0.05, 0) is 12.5 Å². The van der Waals surface area contributed by atoms with Gasteiger partial charge in [0.1, 0.15) is 5.84 Å². The standard InChI is InChI=1S/C8H9N3/c1-7-5-10-11(6-7)8-3-2-4-9-8/h2,4-6H,3H2,1H3. The van der Waals surface area contributed by atoms with E-state index >= 15 is 0 Å². The maximum atomic E-state index is 4.16. The molecular formula is C8H9N3. The monoisotopic (exact) mass is 147 g/mol. The van der Waals surface area contributed by atoms with Crippen molar-refractivity contribution in [2.75, 3.05) is 0 Å². The maximum Gasteiger partial charge on any atom is 0.133 e. The largest absolute Gasteiger partial charge is 0.241 e. The second-order valence-corrected chi connectivity index (χ2v) is 2.60. The van der Waals surface area contributed by atoms with Gasteiger partial charge in [0.15, 0.2) is 0 Å². The molecule has 0 radical (unpaired) electrons. The molecule has 0 saturated heterocycles. The highest BCUT2D eigenvalue weighted by Crippen LogP contribution is 2.03. The van der Waals surface area contributed by atoms with Gasteiger partial charge in [-0.25, -0.2) is 9.67 Å². The lowest BCUT2D eigenvalue weighted by Gasteiger charge is -1.96. The molecule has 0 unspecified atom stereocenters. The predicted molar refractivity (Wildman–Crippen MR) is 43.6 cm³/mol. The lowest BCUT2D eigenvalue weighted by Crippen LogP contribution is -2.08. The average molecular weight is 147 g/mol. The first kappa shape index (κ1) is 6.34. The first-order valence-electron chi connectivity index (χ1n) is 3.59. The fourth-order valence-corrected chi connectivity index (χ4v) is 1.06. The molecule has 0 bridgehead atoms. The summed E-state index contributed by atoms with van der Waals surface area (Å²) in [6, 6.07) is 0. The molecule has 2 rings (SSSR count). The minimum absolute atomic E-state index is 0.890. The third kappa shape index (κ3) is 1.09. The van der Waals surface area contributed by atoms with Crippen LogP contribution in [-0.4, -0.2) is 15.6 Å². The summed E-state index contributed by atoms with van der Waals surface area (Å²) in [4.78, 5) is 4.16. The van der Waals surface area contributed by atoms with Crippen molar-refractivity contribution in [2.45, 2.75) is 13.3 Å². The van der Waals surface area contributed by atoms with Crippen molar-refractivity contribution in [3.63, 3.8) is 0 Å². The van der Waals surface area contributed by atoms with Gasteiger partial charge >= 0.3 is 0 Å². The van der Waals surface area contributed by atoms with Crippen LogP contribution in [0.3, 0.4) is 0 Å². The number of aryl methyl sites for hydroxylation is 1. The van der Waals surface area contributed by atoms with Gasteiger partial charge in [-0.3, -0.25) is 0 Å². The summed E-state index contributed by atoms with van der Waals surface area (Å²) >= 11 is 0. The number of hydrogen-bond donors (Lipinski definition) is 0. The van der Waals surface area contributed by atoms with E-state index in [1.165, 1.54) is 5.56 Å². The Balaban J connectivity index is 2.30. The molecule has 2 heterocycles. The van der Waals surface area contributed by atoms with Crippen LogP contribution < -0.4 is 0 Å². The second-order valence-electron chi connectivity index (χ2n) is 2.60. The van der Waals surface area contributed by atoms with Crippen LogP contribution in [0.4, 0.5) is 0 Å². The molecule has 0 aromatic carbocycles. The quantitative estimate of drug-likeness (QED) is 0.545. The van der Waals surface area contributed by atoms with Crippen molar-refractivity contribution < 1.29 is 0 Å². The highest BCUT2D eigenvalue weighted by Gasteiger charge is 2.03. The zero-order valence-electron chi connectivity index (χ0n) is 6.36. The fourth-order valence-electron chi connectivity index (χ4n) is 1.06. The van der Waals surface area contributed by atoms with Crippen molar-refractivity contribution in [3.8, 4) is 0 Å². The lowest BCUT2D eigenvalue weighted by atomic mass is 10.4. The summed E-state index contributed by atoms with van der Waals surface area (Å²) in [6.07, 6.45) is 8.53. The van der Waals surface area contributed by atoms with Crippen molar-refractivity contribution in [3.05, 3.63) is 30.2 Å². The SMILES string of the molecule is Cc1cnn(C2=NC=CC2)c1. The smallest absolute Gasteiger partial charge is 0.133 e. The number of aromatic nitrogens is 2. The van der Waals surface area contributed by atoms with E-state index in [-0.39, 0.29) is 0 Å². The van der Waals surface area contributed by atoms with Gasteiger partial charge in [0, 0.05) is 18.8 Å². The molecule has 3 nitrogen and oxygen atoms in total. The molecular weight excluding hydrogens is 138 g/mol. The third-order valence-corrected chi connectivity index (χ3v) is 1.61. The van der Waals surface area contributed by atoms with E-state index in [4.69, 9.17) is 0 Å². The third-order valence-electron chi connectivity index (χ3n) is 1.61. The number of aliphatic imine (C=N–C) groups is 1. The molecule has 0 aliphatic carbocycles. The van der Waals surface area contributed by atoms with Crippen molar-refractivity contribution >= 4 is 5.84 Å². The number of allylic oxidation sites excluding steroid dienone is 1. The summed E-state index contributed by atoms with van der Waals surface area (Å²) in [5.41, 5.74) is 1.17. The van der Waals surface area contributed by atoms with E-state index in [1.54, 1.807) is 0 Å². The highest BCUT2D eigenvalue weighted by molar-refractivity contribution is 5.87. The molecule has 1 aliphatic heterocycles. The van der Waals surface area contributed by atoms with Gasteiger partial charge in [-0.15, -0.1) is 0 Å². The van der Waals surface area contributed by atoms with Crippen LogP contribution in [-0.2, 0) is 0 Å². The topological polar surface area (TPSA) is 30.2 Å². The maximum absolute atomic E-state index is 4.16. The van der Waals surface area contributed by atoms with E-state index in [0.29, 0.717) is 0 Å². The zero-order valence-corrected chi connectivity index (χ0v) is 6.36. The summed E-state index contributed by atoms with van der Waals surface area (Å²) in [5, 5.41) is 4.14. The number of hydrogen-bond acceptors (Lipinski definition) is 2. The van der Waals surface area contributed by atoms with Crippen LogP contribution in [0.5, 0.6) is 0 Å². The minimum Gasteiger partial charge on any atom is -0.241 e. The van der Waals surface area contributed by atoms with Gasteiger partial charge in [-0.2, -0.15) is 5.10 Å². The molecule has 0 amide bonds. The predicted octanol–water partition coefficient (Wildman–Crippen LogP) is 1.36. The summed E-state index contributed by atoms with van der Waals surface area (Å²) in [7, 11) is 0. The molecule has 56 valence electrons. The highest BCUT2D eigenvalue weighted by atomic mass is 15.3. The van der Waals surface area contributed by atoms with Crippen LogP contribution in [0.15, 0.2) is 29.7 Å². The Kier molecular flexibility index (Phi) is 1.35. The van der Waals surface area contributed by atoms with E-state index in [1.807, 2.05) is 36.3 Å². The second kappa shape index (κ2) is 2.34. The Labute approximate surface area is 65.1 Å². The Hall–Kier alpha value is -1.38. The zero-order chi connectivity index (χ0) is 7.68. The van der Waals surface area contributed by atoms with Crippen LogP contribution in [0.25, 0.3) is 0 Å². The molecule has 1 aliphatic rings. The van der Waals surface area contributed by atoms with Crippen molar-refractivity contribution in [1.29, 1.82) is 0 Å². The van der Waals surface area contributed by atoms with E-state index in [9.17, 15) is 0 Å². The Morgan fingerprint density at radius 3 is 3.00 bits per heavy atom.